The summed E-state index contributed by atoms with van der Waals surface area (Å²) in [6.45, 7) is 5.66. The van der Waals surface area contributed by atoms with Gasteiger partial charge in [-0.25, -0.2) is 0 Å². The van der Waals surface area contributed by atoms with Crippen LogP contribution in [0, 0.1) is 5.41 Å². The molecule has 0 unspecified atom stereocenters. The summed E-state index contributed by atoms with van der Waals surface area (Å²) in [5.41, 5.74) is 4.05. The number of pyridine rings is 1. The van der Waals surface area contributed by atoms with Crippen LogP contribution in [0.3, 0.4) is 0 Å². The summed E-state index contributed by atoms with van der Waals surface area (Å²) in [6, 6.07) is 9.98. The Balaban J connectivity index is 2.26. The number of benzene rings is 1. The van der Waals surface area contributed by atoms with Crippen LogP contribution in [0.2, 0.25) is 0 Å². The van der Waals surface area contributed by atoms with Gasteiger partial charge in [0, 0.05) is 39.7 Å². The largest absolute Gasteiger partial charge is 0.375 e. The van der Waals surface area contributed by atoms with E-state index in [1.807, 2.05) is 45.0 Å². The Morgan fingerprint density at radius 2 is 2.00 bits per heavy atom. The quantitative estimate of drug-likeness (QED) is 0.498. The van der Waals surface area contributed by atoms with Crippen molar-refractivity contribution in [3.8, 4) is 11.3 Å². The third kappa shape index (κ3) is 3.94. The van der Waals surface area contributed by atoms with Gasteiger partial charge in [-0.1, -0.05) is 29.8 Å². The number of rotatable bonds is 6. The van der Waals surface area contributed by atoms with E-state index in [1.54, 1.807) is 13.3 Å². The van der Waals surface area contributed by atoms with E-state index in [9.17, 15) is 10.2 Å². The Kier molecular flexibility index (Phi) is 5.72. The van der Waals surface area contributed by atoms with Crippen LogP contribution >= 0.6 is 15.9 Å². The van der Waals surface area contributed by atoms with Crippen molar-refractivity contribution in [2.75, 3.05) is 7.11 Å². The topological polar surface area (TPSA) is 78.4 Å². The van der Waals surface area contributed by atoms with Gasteiger partial charge in [0.1, 0.15) is 0 Å². The number of ether oxygens (including phenoxy) is 1. The van der Waals surface area contributed by atoms with Gasteiger partial charge in [0.05, 0.1) is 17.5 Å². The second-order valence-corrected chi connectivity index (χ2v) is 8.44. The van der Waals surface area contributed by atoms with Crippen LogP contribution in [-0.4, -0.2) is 33.6 Å². The fraction of sp³-hybridized carbons (Fsp3) is 0.381. The Bertz CT molecular complexity index is 950. The maximum absolute atomic E-state index is 9.85. The minimum atomic E-state index is -1.42. The first-order valence-corrected chi connectivity index (χ1v) is 9.68. The highest BCUT2D eigenvalue weighted by Gasteiger charge is 2.30. The van der Waals surface area contributed by atoms with Gasteiger partial charge >= 0.3 is 0 Å². The summed E-state index contributed by atoms with van der Waals surface area (Å²) in [5, 5.41) is 20.8. The van der Waals surface area contributed by atoms with Crippen molar-refractivity contribution in [1.82, 2.24) is 9.97 Å². The van der Waals surface area contributed by atoms with Crippen LogP contribution in [0.25, 0.3) is 22.2 Å². The molecule has 1 atom stereocenters. The Hall–Kier alpha value is -1.73. The molecule has 0 radical (unpaired) electrons. The lowest BCUT2D eigenvalue weighted by molar-refractivity contribution is -0.120. The lowest BCUT2D eigenvalue weighted by Gasteiger charge is -2.27. The van der Waals surface area contributed by atoms with Crippen molar-refractivity contribution in [2.24, 2.45) is 5.41 Å². The van der Waals surface area contributed by atoms with E-state index in [2.05, 4.69) is 32.0 Å². The fourth-order valence-electron chi connectivity index (χ4n) is 3.24. The number of fused-ring (bicyclic) bond motifs is 1. The summed E-state index contributed by atoms with van der Waals surface area (Å²) < 4.78 is 6.48. The molecule has 0 fully saturated rings. The molecule has 6 heteroatoms. The smallest absolute Gasteiger partial charge is 0.156 e. The molecule has 3 rings (SSSR count). The van der Waals surface area contributed by atoms with Gasteiger partial charge in [-0.2, -0.15) is 0 Å². The van der Waals surface area contributed by atoms with Crippen LogP contribution in [0.1, 0.15) is 38.1 Å². The number of aromatic amines is 1. The second-order valence-electron chi connectivity index (χ2n) is 7.52. The molecule has 0 aliphatic carbocycles. The molecule has 0 saturated carbocycles. The SMILES string of the molecule is CO[C@@H](C)c1ncccc1-c1[nH]c2ccc(Br)cc2c1CC(C)(C)C(O)O. The molecule has 2 aromatic heterocycles. The number of nitrogens with zero attached hydrogens (tertiary/aromatic N) is 1. The zero-order chi connectivity index (χ0) is 19.8. The Morgan fingerprint density at radius 1 is 1.26 bits per heavy atom. The molecule has 0 aliphatic heterocycles. The van der Waals surface area contributed by atoms with Gasteiger partial charge in [-0.15, -0.1) is 0 Å². The van der Waals surface area contributed by atoms with Crippen molar-refractivity contribution >= 4 is 26.8 Å². The monoisotopic (exact) mass is 432 g/mol. The van der Waals surface area contributed by atoms with Crippen LogP contribution in [-0.2, 0) is 11.2 Å². The van der Waals surface area contributed by atoms with Crippen LogP contribution in [0.15, 0.2) is 41.0 Å². The van der Waals surface area contributed by atoms with Crippen molar-refractivity contribution < 1.29 is 14.9 Å². The lowest BCUT2D eigenvalue weighted by Crippen LogP contribution is -2.31. The lowest BCUT2D eigenvalue weighted by atomic mass is 9.83. The molecule has 3 aromatic rings. The highest BCUT2D eigenvalue weighted by molar-refractivity contribution is 9.10. The van der Waals surface area contributed by atoms with E-state index in [0.717, 1.165) is 37.9 Å². The average molecular weight is 433 g/mol. The van der Waals surface area contributed by atoms with E-state index < -0.39 is 11.7 Å². The Morgan fingerprint density at radius 3 is 2.67 bits per heavy atom. The summed E-state index contributed by atoms with van der Waals surface area (Å²) in [7, 11) is 1.66. The molecule has 27 heavy (non-hydrogen) atoms. The summed E-state index contributed by atoms with van der Waals surface area (Å²) in [6.07, 6.45) is 0.665. The molecular weight excluding hydrogens is 408 g/mol. The van der Waals surface area contributed by atoms with Crippen molar-refractivity contribution in [3.63, 3.8) is 0 Å². The van der Waals surface area contributed by atoms with E-state index in [-0.39, 0.29) is 6.10 Å². The first-order valence-electron chi connectivity index (χ1n) is 8.89. The zero-order valence-electron chi connectivity index (χ0n) is 16.0. The molecule has 0 spiro atoms. The number of hydrogen-bond donors (Lipinski definition) is 3. The minimum absolute atomic E-state index is 0.163. The molecule has 1 aromatic carbocycles. The van der Waals surface area contributed by atoms with E-state index >= 15 is 0 Å². The molecule has 0 saturated heterocycles. The van der Waals surface area contributed by atoms with Gasteiger partial charge in [0.15, 0.2) is 6.29 Å². The summed E-state index contributed by atoms with van der Waals surface area (Å²) in [5.74, 6) is 0. The molecule has 144 valence electrons. The van der Waals surface area contributed by atoms with Crippen LogP contribution in [0.5, 0.6) is 0 Å². The summed E-state index contributed by atoms with van der Waals surface area (Å²) >= 11 is 3.54. The van der Waals surface area contributed by atoms with E-state index in [1.165, 1.54) is 0 Å². The van der Waals surface area contributed by atoms with Crippen LogP contribution < -0.4 is 0 Å². The number of aliphatic hydroxyl groups excluding tert-OH is 1. The predicted octanol–water partition coefficient (Wildman–Crippen LogP) is 4.58. The highest BCUT2D eigenvalue weighted by atomic mass is 79.9. The number of methoxy groups -OCH3 is 1. The second kappa shape index (κ2) is 7.72. The molecule has 0 aliphatic rings. The Labute approximate surface area is 167 Å². The van der Waals surface area contributed by atoms with Crippen molar-refractivity contribution in [3.05, 3.63) is 52.3 Å². The first kappa shape index (κ1) is 20.0. The van der Waals surface area contributed by atoms with Gasteiger partial charge in [-0.3, -0.25) is 4.98 Å². The fourth-order valence-corrected chi connectivity index (χ4v) is 3.61. The number of aliphatic hydroxyl groups is 2. The van der Waals surface area contributed by atoms with Crippen LogP contribution in [0.4, 0.5) is 0 Å². The van der Waals surface area contributed by atoms with Gasteiger partial charge in [0.2, 0.25) is 0 Å². The minimum Gasteiger partial charge on any atom is -0.375 e. The number of aromatic nitrogens is 2. The normalized spacial score (nSPS) is 13.5. The van der Waals surface area contributed by atoms with Crippen molar-refractivity contribution in [2.45, 2.75) is 39.6 Å². The highest BCUT2D eigenvalue weighted by Crippen LogP contribution is 2.39. The molecule has 0 bridgehead atoms. The van der Waals surface area contributed by atoms with Crippen molar-refractivity contribution in [1.29, 1.82) is 0 Å². The van der Waals surface area contributed by atoms with Gasteiger partial charge < -0.3 is 19.9 Å². The third-order valence-corrected chi connectivity index (χ3v) is 5.54. The molecule has 3 N–H and O–H groups in total. The number of nitrogens with one attached hydrogen (secondary N) is 1. The number of hydrogen-bond acceptors (Lipinski definition) is 4. The predicted molar refractivity (Wildman–Crippen MR) is 110 cm³/mol. The van der Waals surface area contributed by atoms with Gasteiger partial charge in [0.25, 0.3) is 0 Å². The maximum atomic E-state index is 9.85. The molecular formula is C21H25BrN2O3. The average Bonchev–Trinajstić information content (AvgIpc) is 2.98. The number of halogens is 1. The zero-order valence-corrected chi connectivity index (χ0v) is 17.5. The standard InChI is InChI=1S/C21H25BrN2O3/c1-12(27-4)18-14(6-5-9-23-18)19-16(11-21(2,3)20(25)26)15-10-13(22)7-8-17(15)24-19/h5-10,12,20,24-26H,11H2,1-4H3/t12-/m0/s1. The first-order chi connectivity index (χ1) is 12.7. The summed E-state index contributed by atoms with van der Waals surface area (Å²) in [4.78, 5) is 8.04. The molecule has 5 nitrogen and oxygen atoms in total. The van der Waals surface area contributed by atoms with Gasteiger partial charge in [-0.05, 0) is 49.2 Å². The number of H-pyrrole nitrogens is 1. The van der Waals surface area contributed by atoms with E-state index in [0.29, 0.717) is 6.42 Å². The maximum Gasteiger partial charge on any atom is 0.156 e. The van der Waals surface area contributed by atoms with E-state index in [4.69, 9.17) is 4.74 Å². The molecule has 2 heterocycles. The third-order valence-electron chi connectivity index (χ3n) is 5.05. The molecule has 0 amide bonds.